The minimum atomic E-state index is -1.30. The van der Waals surface area contributed by atoms with Crippen molar-refractivity contribution in [3.05, 3.63) is 136 Å². The Morgan fingerprint density at radius 2 is 1.68 bits per heavy atom. The summed E-state index contributed by atoms with van der Waals surface area (Å²) in [5.41, 5.74) is 5.06. The molecule has 5 aromatic rings. The minimum absolute atomic E-state index is 0.00769. The summed E-state index contributed by atoms with van der Waals surface area (Å²) >= 11 is 0. The number of Topliss-reactive ketones (excluding diaryl/α,β-unsaturated/α-hetero) is 1. The lowest BCUT2D eigenvalue weighted by molar-refractivity contribution is -0.118. The van der Waals surface area contributed by atoms with Crippen LogP contribution in [0.15, 0.2) is 102 Å². The molecular weight excluding hydrogens is 474 g/mol. The molecule has 2 unspecified atom stereocenters. The summed E-state index contributed by atoms with van der Waals surface area (Å²) in [5.74, 6) is 0.501. The van der Waals surface area contributed by atoms with Gasteiger partial charge in [0.25, 0.3) is 0 Å². The second-order valence-corrected chi connectivity index (χ2v) is 10.0. The number of carbonyl (C=O) groups is 1. The first kappa shape index (κ1) is 25.6. The average molecular weight is 506 g/mol. The van der Waals surface area contributed by atoms with Crippen LogP contribution in [0.2, 0.25) is 0 Å². The minimum Gasteiger partial charge on any atom is -0.458 e. The van der Waals surface area contributed by atoms with Crippen LogP contribution in [0.25, 0.3) is 11.0 Å². The van der Waals surface area contributed by atoms with Crippen molar-refractivity contribution in [2.24, 2.45) is 0 Å². The first-order valence-corrected chi connectivity index (χ1v) is 12.8. The van der Waals surface area contributed by atoms with E-state index in [9.17, 15) is 15.0 Å². The molecule has 5 rings (SSSR count). The Kier molecular flexibility index (Phi) is 7.23. The summed E-state index contributed by atoms with van der Waals surface area (Å²) < 4.78 is 5.99. The number of furan rings is 1. The van der Waals surface area contributed by atoms with Gasteiger partial charge in [-0.2, -0.15) is 0 Å². The summed E-state index contributed by atoms with van der Waals surface area (Å²) in [4.78, 5) is 17.4. The van der Waals surface area contributed by atoms with Gasteiger partial charge in [-0.3, -0.25) is 9.78 Å². The maximum absolute atomic E-state index is 13.4. The SMILES string of the molecule is Cc1cc(CO)ccc1C(CC(=O)Cc1ccc2oc(C(C)(O)c3ccncc3)cc2c1)c1ccccc1. The van der Waals surface area contributed by atoms with Gasteiger partial charge in [0.2, 0.25) is 0 Å². The van der Waals surface area contributed by atoms with Crippen molar-refractivity contribution < 1.29 is 19.4 Å². The number of aliphatic hydroxyl groups is 2. The molecule has 0 saturated heterocycles. The van der Waals surface area contributed by atoms with Crippen molar-refractivity contribution in [1.29, 1.82) is 0 Å². The van der Waals surface area contributed by atoms with Gasteiger partial charge in [0.05, 0.1) is 6.61 Å². The van der Waals surface area contributed by atoms with E-state index < -0.39 is 5.60 Å². The molecule has 2 heterocycles. The Balaban J connectivity index is 1.38. The van der Waals surface area contributed by atoms with Crippen LogP contribution in [0.4, 0.5) is 0 Å². The van der Waals surface area contributed by atoms with Gasteiger partial charge in [0.15, 0.2) is 0 Å². The summed E-state index contributed by atoms with van der Waals surface area (Å²) in [5, 5.41) is 21.5. The number of benzene rings is 3. The first-order chi connectivity index (χ1) is 18.3. The zero-order chi connectivity index (χ0) is 26.7. The van der Waals surface area contributed by atoms with Gasteiger partial charge in [-0.05, 0) is 77.6 Å². The molecule has 0 aliphatic heterocycles. The number of fused-ring (bicyclic) bond motifs is 1. The molecule has 2 aromatic heterocycles. The Hall–Kier alpha value is -4.06. The lowest BCUT2D eigenvalue weighted by Crippen LogP contribution is -2.21. The molecule has 2 atom stereocenters. The summed E-state index contributed by atoms with van der Waals surface area (Å²) in [6, 6.07) is 27.1. The number of aliphatic hydroxyl groups excluding tert-OH is 1. The predicted octanol–water partition coefficient (Wildman–Crippen LogP) is 6.22. The van der Waals surface area contributed by atoms with E-state index in [1.165, 1.54) is 0 Å². The van der Waals surface area contributed by atoms with Gasteiger partial charge in [0.1, 0.15) is 22.7 Å². The second kappa shape index (κ2) is 10.7. The molecule has 0 amide bonds. The topological polar surface area (TPSA) is 83.6 Å². The molecule has 0 radical (unpaired) electrons. The molecular formula is C33H31NO4. The lowest BCUT2D eigenvalue weighted by Gasteiger charge is -2.20. The van der Waals surface area contributed by atoms with Crippen molar-refractivity contribution in [2.45, 2.75) is 44.8 Å². The fourth-order valence-corrected chi connectivity index (χ4v) is 5.11. The van der Waals surface area contributed by atoms with E-state index in [2.05, 4.69) is 17.1 Å². The standard InChI is InChI=1S/C33H31NO4/c1-22-16-24(21-35)8-10-29(22)30(25-6-4-3-5-7-25)20-28(36)18-23-9-11-31-26(17-23)19-32(38-31)33(2,37)27-12-14-34-15-13-27/h3-17,19,30,35,37H,18,20-21H2,1-2H3. The quantitative estimate of drug-likeness (QED) is 0.249. The van der Waals surface area contributed by atoms with Crippen LogP contribution in [-0.4, -0.2) is 21.0 Å². The Morgan fingerprint density at radius 3 is 2.39 bits per heavy atom. The van der Waals surface area contributed by atoms with Crippen LogP contribution in [0, 0.1) is 6.92 Å². The molecule has 5 heteroatoms. The first-order valence-electron chi connectivity index (χ1n) is 12.8. The van der Waals surface area contributed by atoms with Crippen LogP contribution < -0.4 is 0 Å². The number of rotatable bonds is 9. The normalized spacial score (nSPS) is 13.8. The number of nitrogens with zero attached hydrogens (tertiary/aromatic N) is 1. The van der Waals surface area contributed by atoms with E-state index in [0.717, 1.165) is 33.2 Å². The van der Waals surface area contributed by atoms with Crippen molar-refractivity contribution in [1.82, 2.24) is 4.98 Å². The zero-order valence-corrected chi connectivity index (χ0v) is 21.6. The highest BCUT2D eigenvalue weighted by atomic mass is 16.4. The van der Waals surface area contributed by atoms with Gasteiger partial charge in [0, 0.05) is 36.5 Å². The maximum Gasteiger partial charge on any atom is 0.144 e. The Morgan fingerprint density at radius 1 is 0.947 bits per heavy atom. The van der Waals surface area contributed by atoms with Gasteiger partial charge >= 0.3 is 0 Å². The van der Waals surface area contributed by atoms with Crippen LogP contribution in [0.1, 0.15) is 58.4 Å². The number of pyridine rings is 1. The molecule has 2 N–H and O–H groups in total. The third-order valence-corrected chi connectivity index (χ3v) is 7.23. The van der Waals surface area contributed by atoms with E-state index in [1.54, 1.807) is 31.5 Å². The van der Waals surface area contributed by atoms with Gasteiger partial charge < -0.3 is 14.6 Å². The molecule has 38 heavy (non-hydrogen) atoms. The number of hydrogen-bond donors (Lipinski definition) is 2. The highest BCUT2D eigenvalue weighted by Gasteiger charge is 2.30. The molecule has 0 spiro atoms. The van der Waals surface area contributed by atoms with Crippen molar-refractivity contribution in [3.63, 3.8) is 0 Å². The summed E-state index contributed by atoms with van der Waals surface area (Å²) in [6.45, 7) is 3.72. The zero-order valence-electron chi connectivity index (χ0n) is 21.6. The molecule has 3 aromatic carbocycles. The number of aromatic nitrogens is 1. The van der Waals surface area contributed by atoms with E-state index in [0.29, 0.717) is 29.7 Å². The molecule has 0 bridgehead atoms. The molecule has 0 saturated carbocycles. The highest BCUT2D eigenvalue weighted by Crippen LogP contribution is 2.34. The third kappa shape index (κ3) is 5.30. The smallest absolute Gasteiger partial charge is 0.144 e. The highest BCUT2D eigenvalue weighted by molar-refractivity contribution is 5.85. The van der Waals surface area contributed by atoms with Crippen LogP contribution in [0.5, 0.6) is 0 Å². The molecule has 192 valence electrons. The average Bonchev–Trinajstić information content (AvgIpc) is 3.37. The lowest BCUT2D eigenvalue weighted by atomic mass is 9.83. The van der Waals surface area contributed by atoms with E-state index in [-0.39, 0.29) is 18.3 Å². The van der Waals surface area contributed by atoms with Crippen LogP contribution in [-0.2, 0) is 23.4 Å². The van der Waals surface area contributed by atoms with E-state index in [4.69, 9.17) is 4.42 Å². The number of aryl methyl sites for hydroxylation is 1. The van der Waals surface area contributed by atoms with E-state index in [1.807, 2.05) is 67.6 Å². The van der Waals surface area contributed by atoms with Crippen LogP contribution >= 0.6 is 0 Å². The van der Waals surface area contributed by atoms with Crippen molar-refractivity contribution in [3.8, 4) is 0 Å². The molecule has 0 aliphatic rings. The number of carbonyl (C=O) groups excluding carboxylic acids is 1. The fraction of sp³-hybridized carbons (Fsp3) is 0.212. The largest absolute Gasteiger partial charge is 0.458 e. The number of hydrogen-bond acceptors (Lipinski definition) is 5. The second-order valence-electron chi connectivity index (χ2n) is 10.0. The maximum atomic E-state index is 13.4. The Labute approximate surface area is 222 Å². The Bertz CT molecular complexity index is 1550. The third-order valence-electron chi connectivity index (χ3n) is 7.23. The van der Waals surface area contributed by atoms with Gasteiger partial charge in [-0.1, -0.05) is 54.6 Å². The van der Waals surface area contributed by atoms with E-state index >= 15 is 0 Å². The molecule has 0 fully saturated rings. The van der Waals surface area contributed by atoms with Crippen molar-refractivity contribution >= 4 is 16.8 Å². The fourth-order valence-electron chi connectivity index (χ4n) is 5.11. The monoisotopic (exact) mass is 505 g/mol. The molecule has 0 aliphatic carbocycles. The van der Waals surface area contributed by atoms with Gasteiger partial charge in [-0.25, -0.2) is 0 Å². The van der Waals surface area contributed by atoms with Gasteiger partial charge in [-0.15, -0.1) is 0 Å². The van der Waals surface area contributed by atoms with Crippen molar-refractivity contribution in [2.75, 3.05) is 0 Å². The molecule has 5 nitrogen and oxygen atoms in total. The summed E-state index contributed by atoms with van der Waals surface area (Å²) in [7, 11) is 0. The number of ketones is 1. The summed E-state index contributed by atoms with van der Waals surface area (Å²) in [6.07, 6.45) is 3.95. The predicted molar refractivity (Wildman–Crippen MR) is 148 cm³/mol. The van der Waals surface area contributed by atoms with Crippen LogP contribution in [0.3, 0.4) is 0 Å².